The van der Waals surface area contributed by atoms with Crippen LogP contribution in [-0.4, -0.2) is 18.4 Å². The number of anilines is 1. The lowest BCUT2D eigenvalue weighted by molar-refractivity contribution is -0.119. The van der Waals surface area contributed by atoms with Gasteiger partial charge < -0.3 is 15.8 Å². The molecule has 3 N–H and O–H groups in total. The summed E-state index contributed by atoms with van der Waals surface area (Å²) in [6.07, 6.45) is 2.09. The fourth-order valence-corrected chi connectivity index (χ4v) is 2.10. The number of amides is 2. The number of primary amides is 1. The molecule has 5 heteroatoms. The van der Waals surface area contributed by atoms with Gasteiger partial charge in [-0.1, -0.05) is 25.5 Å². The third-order valence-corrected chi connectivity index (χ3v) is 3.25. The quantitative estimate of drug-likeness (QED) is 0.825. The highest BCUT2D eigenvalue weighted by molar-refractivity contribution is 6.04. The summed E-state index contributed by atoms with van der Waals surface area (Å²) in [5, 5.41) is 2.82. The topological polar surface area (TPSA) is 81.4 Å². The number of carbonyl (C=O) groups is 2. The van der Waals surface area contributed by atoms with Gasteiger partial charge in [0, 0.05) is 11.3 Å². The van der Waals surface area contributed by atoms with E-state index in [1.807, 2.05) is 24.3 Å². The molecule has 0 heterocycles. The molecule has 0 spiro atoms. The van der Waals surface area contributed by atoms with Crippen LogP contribution in [-0.2, 0) is 11.2 Å². The van der Waals surface area contributed by atoms with Gasteiger partial charge in [0.25, 0.3) is 11.8 Å². The molecule has 0 aromatic heterocycles. The molecule has 0 atom stereocenters. The molecule has 0 fully saturated rings. The molecule has 23 heavy (non-hydrogen) atoms. The Bertz CT molecular complexity index is 664. The number of nitrogens with two attached hydrogens (primary N) is 1. The molecule has 0 aliphatic heterocycles. The Labute approximate surface area is 135 Å². The number of carbonyl (C=O) groups excluding carboxylic acids is 2. The zero-order valence-corrected chi connectivity index (χ0v) is 13.0. The monoisotopic (exact) mass is 312 g/mol. The summed E-state index contributed by atoms with van der Waals surface area (Å²) in [7, 11) is 0. The van der Waals surface area contributed by atoms with Crippen LogP contribution in [0.5, 0.6) is 5.75 Å². The fourth-order valence-electron chi connectivity index (χ4n) is 2.10. The van der Waals surface area contributed by atoms with Crippen molar-refractivity contribution in [1.82, 2.24) is 0 Å². The van der Waals surface area contributed by atoms with E-state index in [4.69, 9.17) is 10.5 Å². The number of rotatable bonds is 7. The van der Waals surface area contributed by atoms with Gasteiger partial charge in [-0.3, -0.25) is 9.59 Å². The van der Waals surface area contributed by atoms with Crippen LogP contribution in [0.25, 0.3) is 0 Å². The van der Waals surface area contributed by atoms with E-state index in [-0.39, 0.29) is 12.5 Å². The summed E-state index contributed by atoms with van der Waals surface area (Å²) in [6.45, 7) is 1.95. The molecule has 0 radical (unpaired) electrons. The number of hydrogen-bond donors (Lipinski definition) is 2. The summed E-state index contributed by atoms with van der Waals surface area (Å²) >= 11 is 0. The molecule has 2 aromatic carbocycles. The van der Waals surface area contributed by atoms with Gasteiger partial charge in [-0.2, -0.15) is 0 Å². The van der Waals surface area contributed by atoms with Crippen LogP contribution < -0.4 is 15.8 Å². The number of nitrogens with one attached hydrogen (secondary N) is 1. The van der Waals surface area contributed by atoms with Crippen LogP contribution in [0.2, 0.25) is 0 Å². The zero-order valence-electron chi connectivity index (χ0n) is 13.0. The first-order valence-corrected chi connectivity index (χ1v) is 7.50. The Hall–Kier alpha value is -2.82. The predicted octanol–water partition coefficient (Wildman–Crippen LogP) is 2.76. The lowest BCUT2D eigenvalue weighted by Crippen LogP contribution is -2.20. The maximum atomic E-state index is 12.2. The molecule has 5 nitrogen and oxygen atoms in total. The van der Waals surface area contributed by atoms with Crippen molar-refractivity contribution in [1.29, 1.82) is 0 Å². The van der Waals surface area contributed by atoms with Crippen LogP contribution in [0.4, 0.5) is 5.69 Å². The van der Waals surface area contributed by atoms with Crippen LogP contribution >= 0.6 is 0 Å². The summed E-state index contributed by atoms with van der Waals surface area (Å²) in [6, 6.07) is 14.3. The molecule has 2 aromatic rings. The summed E-state index contributed by atoms with van der Waals surface area (Å²) in [5.41, 5.74) is 7.49. The second-order valence-corrected chi connectivity index (χ2v) is 5.18. The van der Waals surface area contributed by atoms with Gasteiger partial charge in [0.1, 0.15) is 5.75 Å². The smallest absolute Gasteiger partial charge is 0.255 e. The molecular weight excluding hydrogens is 292 g/mol. The highest BCUT2D eigenvalue weighted by Gasteiger charge is 2.06. The van der Waals surface area contributed by atoms with Crippen LogP contribution in [0.15, 0.2) is 48.5 Å². The van der Waals surface area contributed by atoms with Gasteiger partial charge >= 0.3 is 0 Å². The van der Waals surface area contributed by atoms with Crippen molar-refractivity contribution in [3.8, 4) is 5.75 Å². The first-order chi connectivity index (χ1) is 11.1. The van der Waals surface area contributed by atoms with Crippen LogP contribution in [0.3, 0.4) is 0 Å². The second kappa shape index (κ2) is 7.98. The highest BCUT2D eigenvalue weighted by Crippen LogP contribution is 2.16. The first kappa shape index (κ1) is 16.5. The average Bonchev–Trinajstić information content (AvgIpc) is 2.55. The lowest BCUT2D eigenvalue weighted by Gasteiger charge is -2.08. The summed E-state index contributed by atoms with van der Waals surface area (Å²) < 4.78 is 5.16. The van der Waals surface area contributed by atoms with Crippen molar-refractivity contribution in [2.24, 2.45) is 5.73 Å². The van der Waals surface area contributed by atoms with Crippen molar-refractivity contribution >= 4 is 17.5 Å². The number of hydrogen-bond acceptors (Lipinski definition) is 3. The van der Waals surface area contributed by atoms with E-state index >= 15 is 0 Å². The number of aryl methyl sites for hydroxylation is 1. The maximum Gasteiger partial charge on any atom is 0.255 e. The fraction of sp³-hybridized carbons (Fsp3) is 0.222. The number of benzene rings is 2. The third kappa shape index (κ3) is 5.14. The molecule has 0 saturated carbocycles. The van der Waals surface area contributed by atoms with Gasteiger partial charge in [-0.15, -0.1) is 0 Å². The van der Waals surface area contributed by atoms with Crippen LogP contribution in [0.1, 0.15) is 29.3 Å². The summed E-state index contributed by atoms with van der Waals surface area (Å²) in [5.74, 6) is -0.182. The van der Waals surface area contributed by atoms with E-state index in [1.165, 1.54) is 5.56 Å². The van der Waals surface area contributed by atoms with Gasteiger partial charge in [0.2, 0.25) is 0 Å². The van der Waals surface area contributed by atoms with Crippen molar-refractivity contribution in [2.75, 3.05) is 11.9 Å². The minimum absolute atomic E-state index is 0.168. The van der Waals surface area contributed by atoms with Crippen molar-refractivity contribution in [3.05, 3.63) is 59.7 Å². The minimum atomic E-state index is -0.533. The Morgan fingerprint density at radius 3 is 2.26 bits per heavy atom. The van der Waals surface area contributed by atoms with E-state index in [0.717, 1.165) is 12.8 Å². The lowest BCUT2D eigenvalue weighted by atomic mass is 10.1. The predicted molar refractivity (Wildman–Crippen MR) is 89.5 cm³/mol. The van der Waals surface area contributed by atoms with E-state index in [1.54, 1.807) is 24.3 Å². The minimum Gasteiger partial charge on any atom is -0.484 e. The molecular formula is C18H20N2O3. The van der Waals surface area contributed by atoms with Gasteiger partial charge in [-0.25, -0.2) is 0 Å². The normalized spacial score (nSPS) is 10.1. The maximum absolute atomic E-state index is 12.2. The van der Waals surface area contributed by atoms with Crippen molar-refractivity contribution in [2.45, 2.75) is 19.8 Å². The molecule has 120 valence electrons. The van der Waals surface area contributed by atoms with Crippen LogP contribution in [0, 0.1) is 0 Å². The Morgan fingerprint density at radius 1 is 1.04 bits per heavy atom. The molecule has 0 bridgehead atoms. The Morgan fingerprint density at radius 2 is 1.70 bits per heavy atom. The third-order valence-electron chi connectivity index (χ3n) is 3.25. The van der Waals surface area contributed by atoms with E-state index in [0.29, 0.717) is 17.0 Å². The molecule has 0 saturated heterocycles. The standard InChI is InChI=1S/C18H20N2O3/c1-2-3-13-4-6-14(7-5-13)18(22)20-15-8-10-16(11-9-15)23-12-17(19)21/h4-11H,2-3,12H2,1H3,(H2,19,21)(H,20,22). The summed E-state index contributed by atoms with van der Waals surface area (Å²) in [4.78, 5) is 22.8. The molecule has 0 aliphatic carbocycles. The first-order valence-electron chi connectivity index (χ1n) is 7.50. The highest BCUT2D eigenvalue weighted by atomic mass is 16.5. The molecule has 0 unspecified atom stereocenters. The van der Waals surface area contributed by atoms with Gasteiger partial charge in [0.05, 0.1) is 0 Å². The largest absolute Gasteiger partial charge is 0.484 e. The SMILES string of the molecule is CCCc1ccc(C(=O)Nc2ccc(OCC(N)=O)cc2)cc1. The Balaban J connectivity index is 1.95. The molecule has 0 aliphatic rings. The Kier molecular flexibility index (Phi) is 5.74. The second-order valence-electron chi connectivity index (χ2n) is 5.18. The van der Waals surface area contributed by atoms with Crippen molar-refractivity contribution in [3.63, 3.8) is 0 Å². The van der Waals surface area contributed by atoms with Gasteiger partial charge in [-0.05, 0) is 48.4 Å². The van der Waals surface area contributed by atoms with E-state index < -0.39 is 5.91 Å². The van der Waals surface area contributed by atoms with E-state index in [9.17, 15) is 9.59 Å². The van der Waals surface area contributed by atoms with Crippen molar-refractivity contribution < 1.29 is 14.3 Å². The number of ether oxygens (including phenoxy) is 1. The van der Waals surface area contributed by atoms with Gasteiger partial charge in [0.15, 0.2) is 6.61 Å². The molecule has 2 amide bonds. The average molecular weight is 312 g/mol. The zero-order chi connectivity index (χ0) is 16.7. The van der Waals surface area contributed by atoms with E-state index in [2.05, 4.69) is 12.2 Å². The molecule has 2 rings (SSSR count).